The number of imide groups is 1. The average Bonchev–Trinajstić information content (AvgIpc) is 3.27. The van der Waals surface area contributed by atoms with Crippen LogP contribution < -0.4 is 20.1 Å². The summed E-state index contributed by atoms with van der Waals surface area (Å²) in [5, 5.41) is 5.53. The first-order chi connectivity index (χ1) is 15.5. The summed E-state index contributed by atoms with van der Waals surface area (Å²) in [7, 11) is 3.37. The molecular weight excluding hydrogens is 408 g/mol. The van der Waals surface area contributed by atoms with Crippen molar-refractivity contribution in [3.8, 4) is 11.5 Å². The molecule has 2 aliphatic carbocycles. The second-order valence-electron chi connectivity index (χ2n) is 9.01. The van der Waals surface area contributed by atoms with Crippen molar-refractivity contribution < 1.29 is 23.8 Å². The van der Waals surface area contributed by atoms with Crippen LogP contribution in [-0.2, 0) is 28.1 Å². The van der Waals surface area contributed by atoms with Crippen LogP contribution in [0.4, 0.5) is 4.79 Å². The lowest BCUT2D eigenvalue weighted by atomic mass is 9.61. The summed E-state index contributed by atoms with van der Waals surface area (Å²) in [4.78, 5) is 25.6. The maximum atomic E-state index is 13.3. The van der Waals surface area contributed by atoms with Crippen LogP contribution in [0.3, 0.4) is 0 Å². The molecule has 2 spiro atoms. The van der Waals surface area contributed by atoms with Gasteiger partial charge in [-0.2, -0.15) is 0 Å². The Kier molecular flexibility index (Phi) is 5.08. The van der Waals surface area contributed by atoms with Gasteiger partial charge in [-0.25, -0.2) is 4.79 Å². The van der Waals surface area contributed by atoms with E-state index in [2.05, 4.69) is 10.6 Å². The predicted molar refractivity (Wildman–Crippen MR) is 118 cm³/mol. The molecule has 3 aliphatic rings. The maximum Gasteiger partial charge on any atom is 0.322 e. The first kappa shape index (κ1) is 20.8. The van der Waals surface area contributed by atoms with Gasteiger partial charge in [-0.15, -0.1) is 0 Å². The minimum atomic E-state index is -1.06. The zero-order valence-corrected chi connectivity index (χ0v) is 18.4. The Morgan fingerprint density at radius 1 is 1.00 bits per heavy atom. The van der Waals surface area contributed by atoms with E-state index in [4.69, 9.17) is 14.2 Å². The lowest BCUT2D eigenvalue weighted by molar-refractivity contribution is -0.131. The molecule has 1 aliphatic heterocycles. The number of amides is 3. The van der Waals surface area contributed by atoms with E-state index in [0.29, 0.717) is 12.4 Å². The fourth-order valence-corrected chi connectivity index (χ4v) is 5.77. The third kappa shape index (κ3) is 3.14. The molecular formula is C25H28N2O5. The molecule has 1 saturated carbocycles. The van der Waals surface area contributed by atoms with Crippen molar-refractivity contribution in [2.75, 3.05) is 14.2 Å². The number of urea groups is 1. The number of nitrogens with one attached hydrogen (secondary N) is 2. The Balaban J connectivity index is 1.45. The Morgan fingerprint density at radius 3 is 2.34 bits per heavy atom. The van der Waals surface area contributed by atoms with Gasteiger partial charge in [-0.3, -0.25) is 10.1 Å². The molecule has 2 fully saturated rings. The fraction of sp³-hybridized carbons (Fsp3) is 0.440. The largest absolute Gasteiger partial charge is 0.497 e. The Labute approximate surface area is 187 Å². The van der Waals surface area contributed by atoms with Crippen molar-refractivity contribution in [3.63, 3.8) is 0 Å². The third-order valence-electron chi connectivity index (χ3n) is 7.47. The van der Waals surface area contributed by atoms with Crippen LogP contribution in [0.25, 0.3) is 0 Å². The molecule has 2 N–H and O–H groups in total. The molecule has 1 unspecified atom stereocenters. The third-order valence-corrected chi connectivity index (χ3v) is 7.47. The topological polar surface area (TPSA) is 85.9 Å². The van der Waals surface area contributed by atoms with Gasteiger partial charge in [0.25, 0.3) is 5.91 Å². The number of carbonyl (C=O) groups is 2. The van der Waals surface area contributed by atoms with E-state index in [0.717, 1.165) is 54.5 Å². The number of ether oxygens (including phenoxy) is 3. The lowest BCUT2D eigenvalue weighted by Crippen LogP contribution is -2.56. The Morgan fingerprint density at radius 2 is 1.72 bits per heavy atom. The molecule has 0 bridgehead atoms. The summed E-state index contributed by atoms with van der Waals surface area (Å²) in [5.74, 6) is 1.21. The summed E-state index contributed by atoms with van der Waals surface area (Å²) in [5.41, 5.74) is 1.55. The monoisotopic (exact) mass is 436 g/mol. The molecule has 1 atom stereocenters. The molecule has 3 amide bonds. The van der Waals surface area contributed by atoms with Crippen LogP contribution in [-0.4, -0.2) is 32.3 Å². The molecule has 168 valence electrons. The second kappa shape index (κ2) is 7.81. The van der Waals surface area contributed by atoms with Crippen molar-refractivity contribution >= 4 is 11.9 Å². The summed E-state index contributed by atoms with van der Waals surface area (Å²) in [6, 6.07) is 13.2. The van der Waals surface area contributed by atoms with Crippen LogP contribution in [0.5, 0.6) is 11.5 Å². The number of carbonyl (C=O) groups excluding carboxylic acids is 2. The van der Waals surface area contributed by atoms with Gasteiger partial charge in [0.1, 0.15) is 18.1 Å². The van der Waals surface area contributed by atoms with Gasteiger partial charge >= 0.3 is 6.03 Å². The zero-order chi connectivity index (χ0) is 22.3. The molecule has 5 rings (SSSR count). The quantitative estimate of drug-likeness (QED) is 0.702. The number of hydrogen-bond acceptors (Lipinski definition) is 5. The van der Waals surface area contributed by atoms with Gasteiger partial charge < -0.3 is 19.5 Å². The number of rotatable bonds is 5. The van der Waals surface area contributed by atoms with Crippen molar-refractivity contribution in [3.05, 3.63) is 59.2 Å². The molecule has 0 radical (unpaired) electrons. The number of hydrogen-bond donors (Lipinski definition) is 2. The van der Waals surface area contributed by atoms with E-state index in [1.807, 2.05) is 42.5 Å². The molecule has 32 heavy (non-hydrogen) atoms. The van der Waals surface area contributed by atoms with Crippen LogP contribution in [0, 0.1) is 5.41 Å². The van der Waals surface area contributed by atoms with Crippen molar-refractivity contribution in [2.24, 2.45) is 5.41 Å². The van der Waals surface area contributed by atoms with E-state index in [-0.39, 0.29) is 17.4 Å². The standard InChI is InChI=1S/C25H28N2O5/c1-30-18-6-3-16(4-7-18)15-32-20-8-5-17-14-24(11-9-19(31-2)10-12-24)25(21(17)13-20)22(28)26-23(29)27-25/h3-8,13,19H,9-12,14-15H2,1-2H3,(H2,26,27,28,29)/t19-,24-,25?. The lowest BCUT2D eigenvalue weighted by Gasteiger charge is -2.46. The normalized spacial score (nSPS) is 28.5. The zero-order valence-electron chi connectivity index (χ0n) is 18.4. The molecule has 1 saturated heterocycles. The van der Waals surface area contributed by atoms with E-state index < -0.39 is 11.6 Å². The number of fused-ring (bicyclic) bond motifs is 3. The van der Waals surface area contributed by atoms with Crippen molar-refractivity contribution in [2.45, 2.75) is 50.4 Å². The predicted octanol–water partition coefficient (Wildman–Crippen LogP) is 3.44. The van der Waals surface area contributed by atoms with E-state index >= 15 is 0 Å². The summed E-state index contributed by atoms with van der Waals surface area (Å²) >= 11 is 0. The second-order valence-corrected chi connectivity index (χ2v) is 9.01. The summed E-state index contributed by atoms with van der Waals surface area (Å²) in [6.07, 6.45) is 4.33. The fourth-order valence-electron chi connectivity index (χ4n) is 5.77. The van der Waals surface area contributed by atoms with Gasteiger partial charge in [-0.05, 0) is 73.1 Å². The Bertz CT molecular complexity index is 1040. The highest BCUT2D eigenvalue weighted by atomic mass is 16.5. The minimum absolute atomic E-state index is 0.199. The first-order valence-corrected chi connectivity index (χ1v) is 11.1. The van der Waals surface area contributed by atoms with E-state index in [1.54, 1.807) is 14.2 Å². The Hall–Kier alpha value is -3.06. The molecule has 7 heteroatoms. The van der Waals surface area contributed by atoms with Gasteiger partial charge in [0.15, 0.2) is 5.54 Å². The van der Waals surface area contributed by atoms with Gasteiger partial charge in [-0.1, -0.05) is 18.2 Å². The SMILES string of the molecule is COc1ccc(COc2ccc3c(c2)C2(NC(=O)NC2=O)[C@]2(CC[C@H](OC)CC2)C3)cc1. The average molecular weight is 437 g/mol. The van der Waals surface area contributed by atoms with Crippen molar-refractivity contribution in [1.82, 2.24) is 10.6 Å². The van der Waals surface area contributed by atoms with Gasteiger partial charge in [0, 0.05) is 12.5 Å². The summed E-state index contributed by atoms with van der Waals surface area (Å²) < 4.78 is 16.8. The minimum Gasteiger partial charge on any atom is -0.497 e. The summed E-state index contributed by atoms with van der Waals surface area (Å²) in [6.45, 7) is 0.398. The van der Waals surface area contributed by atoms with E-state index in [1.165, 1.54) is 0 Å². The molecule has 2 aromatic carbocycles. The molecule has 0 aromatic heterocycles. The van der Waals surface area contributed by atoms with Gasteiger partial charge in [0.2, 0.25) is 0 Å². The number of benzene rings is 2. The molecule has 1 heterocycles. The molecule has 2 aromatic rings. The van der Waals surface area contributed by atoms with Crippen LogP contribution in [0.15, 0.2) is 42.5 Å². The maximum absolute atomic E-state index is 13.3. The highest BCUT2D eigenvalue weighted by Crippen LogP contribution is 2.59. The van der Waals surface area contributed by atoms with Crippen LogP contribution >= 0.6 is 0 Å². The smallest absolute Gasteiger partial charge is 0.322 e. The van der Waals surface area contributed by atoms with E-state index in [9.17, 15) is 9.59 Å². The first-order valence-electron chi connectivity index (χ1n) is 11.1. The highest BCUT2D eigenvalue weighted by Gasteiger charge is 2.66. The van der Waals surface area contributed by atoms with Crippen LogP contribution in [0.2, 0.25) is 0 Å². The highest BCUT2D eigenvalue weighted by molar-refractivity contribution is 6.08. The van der Waals surface area contributed by atoms with Crippen LogP contribution in [0.1, 0.15) is 42.4 Å². The van der Waals surface area contributed by atoms with Crippen molar-refractivity contribution in [1.29, 1.82) is 0 Å². The van der Waals surface area contributed by atoms with Gasteiger partial charge in [0.05, 0.1) is 13.2 Å². The molecule has 7 nitrogen and oxygen atoms in total. The number of methoxy groups -OCH3 is 2.